The molecule has 21 heavy (non-hydrogen) atoms. The molecule has 0 unspecified atom stereocenters. The molecule has 1 aromatic rings. The Morgan fingerprint density at radius 2 is 2.05 bits per heavy atom. The van der Waals surface area contributed by atoms with E-state index in [0.29, 0.717) is 6.07 Å². The van der Waals surface area contributed by atoms with E-state index in [2.05, 4.69) is 9.72 Å². The number of halogens is 5. The third-order valence-corrected chi connectivity index (χ3v) is 2.02. The molecule has 0 aliphatic carbocycles. The van der Waals surface area contributed by atoms with Gasteiger partial charge in [0.05, 0.1) is 11.3 Å². The summed E-state index contributed by atoms with van der Waals surface area (Å²) in [5.74, 6) is -3.40. The van der Waals surface area contributed by atoms with E-state index in [4.69, 9.17) is 5.11 Å². The first-order chi connectivity index (χ1) is 9.51. The zero-order valence-electron chi connectivity index (χ0n) is 9.73. The smallest absolute Gasteiger partial charge is 0.481 e. The van der Waals surface area contributed by atoms with Crippen LogP contribution in [0.15, 0.2) is 6.07 Å². The molecule has 1 heterocycles. The van der Waals surface area contributed by atoms with E-state index in [1.165, 1.54) is 0 Å². The van der Waals surface area contributed by atoms with Gasteiger partial charge < -0.3 is 9.84 Å². The molecule has 0 aromatic carbocycles. The lowest BCUT2D eigenvalue weighted by Crippen LogP contribution is -2.20. The highest BCUT2D eigenvalue weighted by atomic mass is 19.4. The van der Waals surface area contributed by atoms with Gasteiger partial charge in [0, 0.05) is 5.56 Å². The Kier molecular flexibility index (Phi) is 4.60. The number of aromatic nitrogens is 1. The molecule has 0 saturated heterocycles. The summed E-state index contributed by atoms with van der Waals surface area (Å²) in [4.78, 5) is 22.6. The Morgan fingerprint density at radius 1 is 1.48 bits per heavy atom. The summed E-state index contributed by atoms with van der Waals surface area (Å²) >= 11 is 0. The summed E-state index contributed by atoms with van der Waals surface area (Å²) in [7, 11) is 0. The van der Waals surface area contributed by atoms with Gasteiger partial charge in [-0.2, -0.15) is 0 Å². The quantitative estimate of drug-likeness (QED) is 0.508. The van der Waals surface area contributed by atoms with Gasteiger partial charge in [-0.3, -0.25) is 14.9 Å². The Hall–Kier alpha value is -2.53. The SMILES string of the molecule is O=C(O)Cc1cc(C(F)F)nc(OC(F)(F)F)c1[N+](=O)[O-]. The zero-order chi connectivity index (χ0) is 16.4. The van der Waals surface area contributed by atoms with E-state index < -0.39 is 52.9 Å². The third kappa shape index (κ3) is 4.50. The first-order valence-electron chi connectivity index (χ1n) is 4.95. The number of alkyl halides is 5. The predicted molar refractivity (Wildman–Crippen MR) is 53.9 cm³/mol. The van der Waals surface area contributed by atoms with E-state index in [9.17, 15) is 36.9 Å². The van der Waals surface area contributed by atoms with Crippen LogP contribution in [0.25, 0.3) is 0 Å². The summed E-state index contributed by atoms with van der Waals surface area (Å²) < 4.78 is 64.6. The van der Waals surface area contributed by atoms with Crippen LogP contribution in [0.1, 0.15) is 17.7 Å². The topological polar surface area (TPSA) is 103 Å². The van der Waals surface area contributed by atoms with Gasteiger partial charge in [-0.05, 0) is 6.07 Å². The largest absolute Gasteiger partial charge is 0.574 e. The number of hydrogen-bond acceptors (Lipinski definition) is 5. The predicted octanol–water partition coefficient (Wildman–Crippen LogP) is 2.45. The van der Waals surface area contributed by atoms with Gasteiger partial charge in [-0.25, -0.2) is 13.8 Å². The van der Waals surface area contributed by atoms with Crippen molar-refractivity contribution >= 4 is 11.7 Å². The fourth-order valence-corrected chi connectivity index (χ4v) is 1.37. The molecule has 7 nitrogen and oxygen atoms in total. The van der Waals surface area contributed by atoms with Crippen molar-refractivity contribution in [3.05, 3.63) is 27.4 Å². The average molecular weight is 316 g/mol. The van der Waals surface area contributed by atoms with Crippen molar-refractivity contribution in [3.63, 3.8) is 0 Å². The number of carbonyl (C=O) groups is 1. The van der Waals surface area contributed by atoms with Crippen LogP contribution in [0.3, 0.4) is 0 Å². The number of ether oxygens (including phenoxy) is 1. The van der Waals surface area contributed by atoms with Gasteiger partial charge in [-0.15, -0.1) is 13.2 Å². The molecule has 1 aromatic heterocycles. The van der Waals surface area contributed by atoms with Gasteiger partial charge in [0.25, 0.3) is 6.43 Å². The van der Waals surface area contributed by atoms with Gasteiger partial charge in [0.15, 0.2) is 0 Å². The maximum Gasteiger partial charge on any atom is 0.574 e. The van der Waals surface area contributed by atoms with E-state index in [0.717, 1.165) is 0 Å². The molecule has 0 saturated carbocycles. The molecule has 1 rings (SSSR count). The van der Waals surface area contributed by atoms with Crippen molar-refractivity contribution in [1.82, 2.24) is 4.98 Å². The lowest BCUT2D eigenvalue weighted by Gasteiger charge is -2.11. The molecule has 0 aliphatic heterocycles. The van der Waals surface area contributed by atoms with Crippen molar-refractivity contribution in [2.75, 3.05) is 0 Å². The van der Waals surface area contributed by atoms with Gasteiger partial charge in [0.1, 0.15) is 5.69 Å². The molecule has 116 valence electrons. The highest BCUT2D eigenvalue weighted by Crippen LogP contribution is 2.36. The van der Waals surface area contributed by atoms with Crippen LogP contribution >= 0.6 is 0 Å². The van der Waals surface area contributed by atoms with Crippen LogP contribution in [0, 0.1) is 10.1 Å². The van der Waals surface area contributed by atoms with Crippen LogP contribution in [0.5, 0.6) is 5.88 Å². The standard InChI is InChI=1S/C9H5F5N2O5/c10-7(11)4-1-3(2-5(17)18)6(16(19)20)8(15-4)21-9(12,13)14/h1,7H,2H2,(H,17,18). The molecule has 0 atom stereocenters. The van der Waals surface area contributed by atoms with Gasteiger partial charge in [0.2, 0.25) is 0 Å². The van der Waals surface area contributed by atoms with E-state index in [1.54, 1.807) is 0 Å². The van der Waals surface area contributed by atoms with Crippen molar-refractivity contribution < 1.29 is 41.5 Å². The van der Waals surface area contributed by atoms with Crippen molar-refractivity contribution in [2.24, 2.45) is 0 Å². The third-order valence-electron chi connectivity index (χ3n) is 2.02. The Bertz CT molecular complexity index is 574. The molecule has 0 bridgehead atoms. The number of carboxylic acids is 1. The molecule has 0 aliphatic rings. The number of carboxylic acid groups (broad SMARTS) is 1. The lowest BCUT2D eigenvalue weighted by atomic mass is 10.1. The lowest BCUT2D eigenvalue weighted by molar-refractivity contribution is -0.389. The molecular weight excluding hydrogens is 311 g/mol. The van der Waals surface area contributed by atoms with Crippen molar-refractivity contribution in [1.29, 1.82) is 0 Å². The van der Waals surface area contributed by atoms with E-state index >= 15 is 0 Å². The van der Waals surface area contributed by atoms with Crippen LogP contribution < -0.4 is 4.74 Å². The second-order valence-corrected chi connectivity index (χ2v) is 3.54. The maximum atomic E-state index is 12.5. The minimum Gasteiger partial charge on any atom is -0.481 e. The maximum absolute atomic E-state index is 12.5. The molecule has 0 amide bonds. The van der Waals surface area contributed by atoms with E-state index in [1.807, 2.05) is 0 Å². The average Bonchev–Trinajstić information content (AvgIpc) is 2.24. The molecule has 0 spiro atoms. The highest BCUT2D eigenvalue weighted by molar-refractivity contribution is 5.73. The number of rotatable bonds is 5. The number of nitrogens with zero attached hydrogens (tertiary/aromatic N) is 2. The van der Waals surface area contributed by atoms with Crippen LogP contribution in [-0.2, 0) is 11.2 Å². The van der Waals surface area contributed by atoms with Crippen LogP contribution in [0.4, 0.5) is 27.6 Å². The first kappa shape index (κ1) is 16.5. The summed E-state index contributed by atoms with van der Waals surface area (Å²) in [6.45, 7) is 0. The number of hydrogen-bond donors (Lipinski definition) is 1. The minimum atomic E-state index is -5.42. The first-order valence-corrected chi connectivity index (χ1v) is 4.95. The highest BCUT2D eigenvalue weighted by Gasteiger charge is 2.38. The Labute approximate surface area is 112 Å². The van der Waals surface area contributed by atoms with Gasteiger partial charge in [-0.1, -0.05) is 0 Å². The summed E-state index contributed by atoms with van der Waals surface area (Å²) in [5, 5.41) is 19.3. The molecule has 0 radical (unpaired) electrons. The van der Waals surface area contributed by atoms with Crippen LogP contribution in [0.2, 0.25) is 0 Å². The molecule has 0 fully saturated rings. The normalized spacial score (nSPS) is 11.5. The van der Waals surface area contributed by atoms with Crippen molar-refractivity contribution in [2.45, 2.75) is 19.2 Å². The monoisotopic (exact) mass is 316 g/mol. The Balaban J connectivity index is 3.52. The summed E-state index contributed by atoms with van der Waals surface area (Å²) in [6, 6.07) is 0.347. The number of pyridine rings is 1. The van der Waals surface area contributed by atoms with Gasteiger partial charge >= 0.3 is 23.9 Å². The number of aliphatic carboxylic acids is 1. The molecular formula is C9H5F5N2O5. The molecule has 1 N–H and O–H groups in total. The second kappa shape index (κ2) is 5.85. The Morgan fingerprint density at radius 3 is 2.43 bits per heavy atom. The minimum absolute atomic E-state index is 0.347. The van der Waals surface area contributed by atoms with Crippen LogP contribution in [-0.4, -0.2) is 27.3 Å². The zero-order valence-corrected chi connectivity index (χ0v) is 9.73. The fraction of sp³-hybridized carbons (Fsp3) is 0.333. The summed E-state index contributed by atoms with van der Waals surface area (Å²) in [5.41, 5.74) is -3.58. The fourth-order valence-electron chi connectivity index (χ4n) is 1.37. The number of nitro groups is 1. The van der Waals surface area contributed by atoms with Crippen molar-refractivity contribution in [3.8, 4) is 5.88 Å². The summed E-state index contributed by atoms with van der Waals surface area (Å²) in [6.07, 6.45) is -9.93. The second-order valence-electron chi connectivity index (χ2n) is 3.54. The van der Waals surface area contributed by atoms with E-state index in [-0.39, 0.29) is 0 Å². The molecule has 12 heteroatoms.